The summed E-state index contributed by atoms with van der Waals surface area (Å²) in [5.41, 5.74) is 0.334. The lowest BCUT2D eigenvalue weighted by atomic mass is 10.2. The molecule has 0 amide bonds. The molecule has 0 saturated carbocycles. The van der Waals surface area contributed by atoms with Crippen molar-refractivity contribution in [2.24, 2.45) is 0 Å². The number of sulfonamides is 1. The molecule has 0 aliphatic rings. The Morgan fingerprint density at radius 1 is 1.26 bits per heavy atom. The van der Waals surface area contributed by atoms with Gasteiger partial charge in [0.05, 0.1) is 25.7 Å². The highest BCUT2D eigenvalue weighted by molar-refractivity contribution is 7.89. The zero-order valence-electron chi connectivity index (χ0n) is 11.3. The molecule has 1 aromatic rings. The molecule has 0 atom stereocenters. The van der Waals surface area contributed by atoms with Gasteiger partial charge in [-0.3, -0.25) is 0 Å². The first kappa shape index (κ1) is 15.7. The number of aliphatic hydroxyl groups excluding tert-OH is 1. The Balaban J connectivity index is 3.38. The average molecular weight is 290 g/mol. The standard InChI is InChI=1S/C11H18N2O5S/c1-13(2)12-19(15,16)9-5-8(7-14)11(18-4)10(6-9)17-3/h5-6,12,14H,7H2,1-4H3. The second-order valence-electron chi connectivity index (χ2n) is 3.97. The summed E-state index contributed by atoms with van der Waals surface area (Å²) in [4.78, 5) is 2.29. The number of hydrogen-bond acceptors (Lipinski definition) is 6. The smallest absolute Gasteiger partial charge is 0.253 e. The van der Waals surface area contributed by atoms with E-state index in [1.54, 1.807) is 14.1 Å². The number of aliphatic hydroxyl groups is 1. The van der Waals surface area contributed by atoms with Gasteiger partial charge in [0, 0.05) is 25.7 Å². The Hall–Kier alpha value is -1.35. The number of nitrogens with one attached hydrogen (secondary N) is 1. The Bertz CT molecular complexity index is 517. The second kappa shape index (κ2) is 6.20. The van der Waals surface area contributed by atoms with Crippen molar-refractivity contribution in [1.82, 2.24) is 9.84 Å². The lowest BCUT2D eigenvalue weighted by Gasteiger charge is -2.16. The Morgan fingerprint density at radius 3 is 2.32 bits per heavy atom. The minimum atomic E-state index is -3.72. The van der Waals surface area contributed by atoms with E-state index in [1.807, 2.05) is 0 Å². The average Bonchev–Trinajstić information content (AvgIpc) is 2.35. The van der Waals surface area contributed by atoms with Gasteiger partial charge in [-0.15, -0.1) is 4.83 Å². The molecule has 0 radical (unpaired) electrons. The molecule has 108 valence electrons. The Kier molecular flexibility index (Phi) is 5.12. The molecule has 1 aromatic carbocycles. The SMILES string of the molecule is COc1cc(S(=O)(=O)NN(C)C)cc(CO)c1OC. The molecule has 0 unspecified atom stereocenters. The highest BCUT2D eigenvalue weighted by Crippen LogP contribution is 2.34. The molecule has 1 rings (SSSR count). The molecule has 0 fully saturated rings. The molecule has 0 spiro atoms. The van der Waals surface area contributed by atoms with Gasteiger partial charge < -0.3 is 14.6 Å². The fourth-order valence-corrected chi connectivity index (χ4v) is 2.73. The highest BCUT2D eigenvalue weighted by Gasteiger charge is 2.20. The van der Waals surface area contributed by atoms with Crippen molar-refractivity contribution in [2.45, 2.75) is 11.5 Å². The topological polar surface area (TPSA) is 88.1 Å². The van der Waals surface area contributed by atoms with Crippen molar-refractivity contribution in [3.8, 4) is 11.5 Å². The maximum absolute atomic E-state index is 12.0. The van der Waals surface area contributed by atoms with Crippen LogP contribution in [0.25, 0.3) is 0 Å². The summed E-state index contributed by atoms with van der Waals surface area (Å²) in [6.45, 7) is -0.356. The van der Waals surface area contributed by atoms with Gasteiger partial charge >= 0.3 is 0 Å². The van der Waals surface area contributed by atoms with E-state index in [-0.39, 0.29) is 17.3 Å². The van der Waals surface area contributed by atoms with Crippen molar-refractivity contribution in [3.63, 3.8) is 0 Å². The summed E-state index contributed by atoms with van der Waals surface area (Å²) in [6.07, 6.45) is 0. The van der Waals surface area contributed by atoms with Crippen molar-refractivity contribution in [3.05, 3.63) is 17.7 Å². The van der Waals surface area contributed by atoms with E-state index in [9.17, 15) is 13.5 Å². The van der Waals surface area contributed by atoms with Crippen LogP contribution in [-0.2, 0) is 16.6 Å². The quantitative estimate of drug-likeness (QED) is 0.714. The summed E-state index contributed by atoms with van der Waals surface area (Å²) < 4.78 is 34.3. The normalized spacial score (nSPS) is 11.7. The van der Waals surface area contributed by atoms with Crippen LogP contribution in [0.4, 0.5) is 0 Å². The van der Waals surface area contributed by atoms with Crippen molar-refractivity contribution in [2.75, 3.05) is 28.3 Å². The number of hydrogen-bond donors (Lipinski definition) is 2. The molecular formula is C11H18N2O5S. The molecule has 0 aliphatic carbocycles. The molecule has 0 heterocycles. The Labute approximate surface area is 112 Å². The molecule has 0 aromatic heterocycles. The Morgan fingerprint density at radius 2 is 1.89 bits per heavy atom. The van der Waals surface area contributed by atoms with Gasteiger partial charge in [0.2, 0.25) is 0 Å². The van der Waals surface area contributed by atoms with Gasteiger partial charge in [0.25, 0.3) is 10.0 Å². The zero-order valence-corrected chi connectivity index (χ0v) is 12.1. The van der Waals surface area contributed by atoms with Gasteiger partial charge in [-0.05, 0) is 6.07 Å². The number of nitrogens with zero attached hydrogens (tertiary/aromatic N) is 1. The summed E-state index contributed by atoms with van der Waals surface area (Å²) >= 11 is 0. The molecule has 8 heteroatoms. The summed E-state index contributed by atoms with van der Waals surface area (Å²) in [5.74, 6) is 0.557. The second-order valence-corrected chi connectivity index (χ2v) is 5.63. The number of ether oxygens (including phenoxy) is 2. The zero-order chi connectivity index (χ0) is 14.6. The first-order valence-electron chi connectivity index (χ1n) is 5.41. The van der Waals surface area contributed by atoms with Gasteiger partial charge in [-0.25, -0.2) is 13.4 Å². The van der Waals surface area contributed by atoms with Crippen LogP contribution >= 0.6 is 0 Å². The predicted molar refractivity (Wildman–Crippen MR) is 69.5 cm³/mol. The third-order valence-corrected chi connectivity index (χ3v) is 3.77. The number of hydrazine groups is 1. The van der Waals surface area contributed by atoms with E-state index in [4.69, 9.17) is 9.47 Å². The summed E-state index contributed by atoms with van der Waals surface area (Å²) in [5, 5.41) is 10.6. The van der Waals surface area contributed by atoms with Gasteiger partial charge in [-0.2, -0.15) is 0 Å². The largest absolute Gasteiger partial charge is 0.493 e. The van der Waals surface area contributed by atoms with Crippen LogP contribution in [0.3, 0.4) is 0 Å². The van der Waals surface area contributed by atoms with Crippen LogP contribution in [0.1, 0.15) is 5.56 Å². The van der Waals surface area contributed by atoms with E-state index < -0.39 is 10.0 Å². The summed E-state index contributed by atoms with van der Waals surface area (Å²) in [7, 11) is 2.22. The van der Waals surface area contributed by atoms with Crippen molar-refractivity contribution < 1.29 is 23.0 Å². The van der Waals surface area contributed by atoms with Crippen LogP contribution < -0.4 is 14.3 Å². The number of benzene rings is 1. The lowest BCUT2D eigenvalue weighted by molar-refractivity contribution is 0.269. The van der Waals surface area contributed by atoms with Crippen LogP contribution in [0, 0.1) is 0 Å². The van der Waals surface area contributed by atoms with E-state index in [1.165, 1.54) is 31.4 Å². The van der Waals surface area contributed by atoms with Crippen molar-refractivity contribution >= 4 is 10.0 Å². The number of rotatable bonds is 6. The van der Waals surface area contributed by atoms with Crippen LogP contribution in [0.15, 0.2) is 17.0 Å². The molecule has 0 aliphatic heterocycles. The number of methoxy groups -OCH3 is 2. The van der Waals surface area contributed by atoms with E-state index >= 15 is 0 Å². The van der Waals surface area contributed by atoms with Crippen LogP contribution in [-0.4, -0.2) is 46.8 Å². The first-order chi connectivity index (χ1) is 8.85. The molecule has 2 N–H and O–H groups in total. The van der Waals surface area contributed by atoms with Crippen LogP contribution in [0.5, 0.6) is 11.5 Å². The molecule has 0 bridgehead atoms. The van der Waals surface area contributed by atoms with E-state index in [0.29, 0.717) is 11.3 Å². The highest BCUT2D eigenvalue weighted by atomic mass is 32.2. The van der Waals surface area contributed by atoms with Crippen molar-refractivity contribution in [1.29, 1.82) is 0 Å². The fourth-order valence-electron chi connectivity index (χ4n) is 1.58. The monoisotopic (exact) mass is 290 g/mol. The van der Waals surface area contributed by atoms with E-state index in [2.05, 4.69) is 4.83 Å². The van der Waals surface area contributed by atoms with Gasteiger partial charge in [0.1, 0.15) is 0 Å². The van der Waals surface area contributed by atoms with Gasteiger partial charge in [0.15, 0.2) is 11.5 Å². The van der Waals surface area contributed by atoms with E-state index in [0.717, 1.165) is 0 Å². The minimum Gasteiger partial charge on any atom is -0.493 e. The molecule has 7 nitrogen and oxygen atoms in total. The molecule has 19 heavy (non-hydrogen) atoms. The lowest BCUT2D eigenvalue weighted by Crippen LogP contribution is -2.36. The first-order valence-corrected chi connectivity index (χ1v) is 6.89. The summed E-state index contributed by atoms with van der Waals surface area (Å²) in [6, 6.07) is 2.68. The predicted octanol–water partition coefficient (Wildman–Crippen LogP) is -0.0490. The third-order valence-electron chi connectivity index (χ3n) is 2.31. The maximum Gasteiger partial charge on any atom is 0.253 e. The maximum atomic E-state index is 12.0. The molecular weight excluding hydrogens is 272 g/mol. The third kappa shape index (κ3) is 3.57. The van der Waals surface area contributed by atoms with Crippen LogP contribution in [0.2, 0.25) is 0 Å². The van der Waals surface area contributed by atoms with Gasteiger partial charge in [-0.1, -0.05) is 0 Å². The molecule has 0 saturated heterocycles. The minimum absolute atomic E-state index is 0.0112. The fraction of sp³-hybridized carbons (Fsp3) is 0.455.